The minimum Gasteiger partial charge on any atom is -0.150 e. The molecule has 0 aromatic heterocycles. The Balaban J connectivity index is 2.87. The molecule has 0 spiro atoms. The molecule has 0 aliphatic rings. The molecule has 1 aromatic carbocycles. The number of rotatable bonds is 3. The summed E-state index contributed by atoms with van der Waals surface area (Å²) in [5, 5.41) is 0.414. The highest BCUT2D eigenvalue weighted by Crippen LogP contribution is 2.47. The van der Waals surface area contributed by atoms with Crippen LogP contribution in [0.3, 0.4) is 0 Å². The molecular formula is C12H19BrSSi. The summed E-state index contributed by atoms with van der Waals surface area (Å²) in [5.41, 5.74) is 0. The van der Waals surface area contributed by atoms with Crippen molar-refractivity contribution in [3.8, 4) is 0 Å². The highest BCUT2D eigenvalue weighted by molar-refractivity contribution is 9.10. The van der Waals surface area contributed by atoms with Gasteiger partial charge in [0, 0.05) is 9.85 Å². The third kappa shape index (κ3) is 3.36. The molecule has 0 aliphatic carbocycles. The molecule has 0 amide bonds. The van der Waals surface area contributed by atoms with Crippen LogP contribution in [0.1, 0.15) is 20.8 Å². The Morgan fingerprint density at radius 2 is 1.73 bits per heavy atom. The summed E-state index contributed by atoms with van der Waals surface area (Å²) in [7, 11) is -1.33. The highest BCUT2D eigenvalue weighted by Gasteiger charge is 2.40. The summed E-state index contributed by atoms with van der Waals surface area (Å²) in [6.45, 7) is 9.53. The largest absolute Gasteiger partial charge is 0.150 e. The lowest BCUT2D eigenvalue weighted by Crippen LogP contribution is -2.39. The van der Waals surface area contributed by atoms with Crippen LogP contribution >= 0.6 is 27.1 Å². The Hall–Kier alpha value is 0.267. The van der Waals surface area contributed by atoms with Crippen molar-refractivity contribution >= 4 is 34.4 Å². The average molecular weight is 303 g/mol. The van der Waals surface area contributed by atoms with Gasteiger partial charge in [-0.25, -0.2) is 0 Å². The fourth-order valence-electron chi connectivity index (χ4n) is 1.13. The third-order valence-corrected chi connectivity index (χ3v) is 16.4. The van der Waals surface area contributed by atoms with Crippen LogP contribution < -0.4 is 0 Å². The Morgan fingerprint density at radius 3 is 2.13 bits per heavy atom. The van der Waals surface area contributed by atoms with Gasteiger partial charge in [-0.15, -0.1) is 11.2 Å². The van der Waals surface area contributed by atoms with Crippen molar-refractivity contribution in [2.75, 3.05) is 4.95 Å². The van der Waals surface area contributed by atoms with E-state index >= 15 is 0 Å². The fraction of sp³-hybridized carbons (Fsp3) is 0.500. The molecular weight excluding hydrogens is 284 g/mol. The van der Waals surface area contributed by atoms with Gasteiger partial charge in [0.25, 0.3) is 0 Å². The Morgan fingerprint density at radius 1 is 1.20 bits per heavy atom. The Labute approximate surface area is 107 Å². The minimum absolute atomic E-state index is 0.414. The lowest BCUT2D eigenvalue weighted by atomic mass is 10.2. The molecule has 3 heteroatoms. The quantitative estimate of drug-likeness (QED) is 0.554. The number of hydrogen-bond donors (Lipinski definition) is 0. The summed E-state index contributed by atoms with van der Waals surface area (Å²) >= 11 is 5.80. The molecule has 1 unspecified atom stereocenters. The van der Waals surface area contributed by atoms with Crippen molar-refractivity contribution in [1.82, 2.24) is 0 Å². The molecule has 1 aromatic rings. The maximum Gasteiger partial charge on any atom is 0.136 e. The van der Waals surface area contributed by atoms with Gasteiger partial charge in [-0.1, -0.05) is 61.4 Å². The van der Waals surface area contributed by atoms with Gasteiger partial charge in [0.2, 0.25) is 0 Å². The molecule has 0 N–H and O–H groups in total. The molecule has 0 saturated carbocycles. The summed E-state index contributed by atoms with van der Waals surface area (Å²) in [5.74, 6) is 0. The first kappa shape index (κ1) is 13.3. The molecule has 0 heterocycles. The fourth-order valence-corrected chi connectivity index (χ4v) is 9.31. The second-order valence-electron chi connectivity index (χ2n) is 5.03. The van der Waals surface area contributed by atoms with E-state index in [9.17, 15) is 0 Å². The first-order valence-electron chi connectivity index (χ1n) is 5.19. The number of hydrogen-bond acceptors (Lipinski definition) is 1. The molecule has 0 fully saturated rings. The molecule has 1 rings (SSSR count). The number of alkyl halides is 1. The average Bonchev–Trinajstić information content (AvgIpc) is 2.17. The predicted octanol–water partition coefficient (Wildman–Crippen LogP) is 5.09. The topological polar surface area (TPSA) is 0 Å². The van der Waals surface area contributed by atoms with Crippen LogP contribution in [0.25, 0.3) is 0 Å². The van der Waals surface area contributed by atoms with E-state index in [4.69, 9.17) is 0 Å². The molecule has 84 valence electrons. The molecule has 15 heavy (non-hydrogen) atoms. The second-order valence-corrected chi connectivity index (χ2v) is 14.9. The zero-order valence-corrected chi connectivity index (χ0v) is 13.3. The number of benzene rings is 1. The zero-order valence-electron chi connectivity index (χ0n) is 9.88. The van der Waals surface area contributed by atoms with E-state index in [-0.39, 0.29) is 0 Å². The maximum atomic E-state index is 3.71. The molecule has 0 aliphatic heterocycles. The van der Waals surface area contributed by atoms with Crippen molar-refractivity contribution in [2.45, 2.75) is 37.3 Å². The summed E-state index contributed by atoms with van der Waals surface area (Å²) in [4.78, 5) is 2.55. The third-order valence-electron chi connectivity index (χ3n) is 2.93. The van der Waals surface area contributed by atoms with Gasteiger partial charge in [0.05, 0.1) is 0 Å². The Kier molecular flexibility index (Phi) is 4.50. The van der Waals surface area contributed by atoms with Crippen molar-refractivity contribution < 1.29 is 0 Å². The van der Waals surface area contributed by atoms with Gasteiger partial charge in [0.1, 0.15) is 7.22 Å². The standard InChI is InChI=1S/C12H19BrSSi/c1-12(2,3)15(4,10-13)14-11-8-6-5-7-9-11/h5-9H,10H2,1-4H3. The van der Waals surface area contributed by atoms with Gasteiger partial charge in [-0.2, -0.15) is 0 Å². The van der Waals surface area contributed by atoms with Crippen molar-refractivity contribution in [3.05, 3.63) is 30.3 Å². The van der Waals surface area contributed by atoms with Crippen LogP contribution in [0, 0.1) is 0 Å². The van der Waals surface area contributed by atoms with E-state index in [1.807, 2.05) is 0 Å². The van der Waals surface area contributed by atoms with E-state index in [2.05, 4.69) is 84.8 Å². The van der Waals surface area contributed by atoms with E-state index in [1.165, 1.54) is 4.90 Å². The van der Waals surface area contributed by atoms with Gasteiger partial charge in [0.15, 0.2) is 0 Å². The lowest BCUT2D eigenvalue weighted by molar-refractivity contribution is 0.736. The molecule has 0 bridgehead atoms. The zero-order chi connectivity index (χ0) is 11.5. The molecule has 0 nitrogen and oxygen atoms in total. The van der Waals surface area contributed by atoms with Crippen LogP contribution in [0.2, 0.25) is 11.6 Å². The van der Waals surface area contributed by atoms with E-state index in [0.717, 1.165) is 4.95 Å². The molecule has 1 atom stereocenters. The van der Waals surface area contributed by atoms with Crippen LogP contribution in [-0.4, -0.2) is 12.2 Å². The monoisotopic (exact) mass is 302 g/mol. The van der Waals surface area contributed by atoms with E-state index in [1.54, 1.807) is 0 Å². The van der Waals surface area contributed by atoms with E-state index < -0.39 is 7.22 Å². The van der Waals surface area contributed by atoms with Crippen LogP contribution in [0.4, 0.5) is 0 Å². The smallest absolute Gasteiger partial charge is 0.136 e. The van der Waals surface area contributed by atoms with Crippen LogP contribution in [-0.2, 0) is 0 Å². The summed E-state index contributed by atoms with van der Waals surface area (Å²) in [6, 6.07) is 10.7. The first-order valence-corrected chi connectivity index (χ1v) is 10.6. The van der Waals surface area contributed by atoms with Crippen LogP contribution in [0.5, 0.6) is 0 Å². The number of halogens is 1. The molecule has 0 radical (unpaired) electrons. The van der Waals surface area contributed by atoms with Crippen molar-refractivity contribution in [2.24, 2.45) is 0 Å². The predicted molar refractivity (Wildman–Crippen MR) is 77.4 cm³/mol. The summed E-state index contributed by atoms with van der Waals surface area (Å²) in [6.07, 6.45) is 0. The van der Waals surface area contributed by atoms with Gasteiger partial charge in [-0.05, 0) is 17.2 Å². The second kappa shape index (κ2) is 5.06. The molecule has 0 saturated heterocycles. The van der Waals surface area contributed by atoms with Gasteiger partial charge >= 0.3 is 0 Å². The van der Waals surface area contributed by atoms with Crippen molar-refractivity contribution in [3.63, 3.8) is 0 Å². The summed E-state index contributed by atoms with van der Waals surface area (Å²) < 4.78 is 0. The highest BCUT2D eigenvalue weighted by atomic mass is 79.9. The van der Waals surface area contributed by atoms with E-state index in [0.29, 0.717) is 5.04 Å². The van der Waals surface area contributed by atoms with Gasteiger partial charge in [-0.3, -0.25) is 0 Å². The van der Waals surface area contributed by atoms with Crippen molar-refractivity contribution in [1.29, 1.82) is 0 Å². The SMILES string of the molecule is CC(C)(C)[Si](C)(CBr)Sc1ccccc1. The Bertz CT molecular complexity index is 307. The lowest BCUT2D eigenvalue weighted by Gasteiger charge is -2.37. The maximum absolute atomic E-state index is 3.71. The first-order chi connectivity index (χ1) is 6.89. The minimum atomic E-state index is -1.33. The van der Waals surface area contributed by atoms with Gasteiger partial charge < -0.3 is 0 Å². The normalized spacial score (nSPS) is 16.1. The van der Waals surface area contributed by atoms with Crippen LogP contribution in [0.15, 0.2) is 35.2 Å².